The first-order valence-electron chi connectivity index (χ1n) is 3.38. The predicted octanol–water partition coefficient (Wildman–Crippen LogP) is 1.26. The van der Waals surface area contributed by atoms with E-state index < -0.39 is 0 Å². The van der Waals surface area contributed by atoms with Gasteiger partial charge in [-0.1, -0.05) is 0 Å². The Morgan fingerprint density at radius 3 is 2.40 bits per heavy atom. The van der Waals surface area contributed by atoms with Crippen LogP contribution in [0.3, 0.4) is 0 Å². The summed E-state index contributed by atoms with van der Waals surface area (Å²) in [4.78, 5) is 11.2. The molecule has 0 aromatic carbocycles. The largest absolute Gasteiger partial charge is 0.355 e. The van der Waals surface area contributed by atoms with Gasteiger partial charge in [-0.15, -0.1) is 11.8 Å². The summed E-state index contributed by atoms with van der Waals surface area (Å²) in [6, 6.07) is 0. The van der Waals surface area contributed by atoms with Crippen LogP contribution in [0.5, 0.6) is 0 Å². The minimum atomic E-state index is -0.282. The minimum absolute atomic E-state index is 0.113. The molecule has 0 atom stereocenters. The lowest BCUT2D eigenvalue weighted by Gasteiger charge is -2.19. The third kappa shape index (κ3) is 2.60. The summed E-state index contributed by atoms with van der Waals surface area (Å²) in [6.07, 6.45) is 1.94. The van der Waals surface area contributed by atoms with Crippen molar-refractivity contribution in [1.29, 1.82) is 0 Å². The van der Waals surface area contributed by atoms with E-state index >= 15 is 0 Å². The van der Waals surface area contributed by atoms with Gasteiger partial charge in [0.15, 0.2) is 0 Å². The predicted molar refractivity (Wildman–Crippen MR) is 46.3 cm³/mol. The van der Waals surface area contributed by atoms with Crippen molar-refractivity contribution in [2.24, 2.45) is 0 Å². The van der Waals surface area contributed by atoms with Crippen molar-refractivity contribution in [3.8, 4) is 0 Å². The maximum Gasteiger partial charge on any atom is 0.235 e. The van der Waals surface area contributed by atoms with Gasteiger partial charge in [0.05, 0.1) is 4.75 Å². The molecule has 0 saturated heterocycles. The van der Waals surface area contributed by atoms with E-state index in [0.717, 1.165) is 0 Å². The number of hydrogen-bond acceptors (Lipinski definition) is 2. The maximum atomic E-state index is 11.2. The number of carbonyl (C=O) groups is 1. The lowest BCUT2D eigenvalue weighted by atomic mass is 10.2. The van der Waals surface area contributed by atoms with Crippen LogP contribution in [0.25, 0.3) is 0 Å². The van der Waals surface area contributed by atoms with E-state index in [1.807, 2.05) is 27.0 Å². The van der Waals surface area contributed by atoms with Gasteiger partial charge in [0.25, 0.3) is 0 Å². The Kier molecular flexibility index (Phi) is 3.79. The van der Waals surface area contributed by atoms with Gasteiger partial charge in [-0.05, 0) is 27.0 Å². The van der Waals surface area contributed by atoms with Gasteiger partial charge < -0.3 is 5.32 Å². The molecular formula is C7H15NOS. The molecule has 0 heterocycles. The second kappa shape index (κ2) is 3.86. The number of carbonyl (C=O) groups excluding carboxylic acids is 1. The standard InChI is InChI=1S/C7H15NOS/c1-5-8-6(9)7(2,3)10-4/h5H2,1-4H3,(H,8,9). The second-order valence-corrected chi connectivity index (χ2v) is 4.00. The molecule has 0 bridgehead atoms. The molecule has 0 spiro atoms. The molecule has 3 heteroatoms. The highest BCUT2D eigenvalue weighted by atomic mass is 32.2. The second-order valence-electron chi connectivity index (χ2n) is 2.57. The Morgan fingerprint density at radius 1 is 1.60 bits per heavy atom. The van der Waals surface area contributed by atoms with Crippen LogP contribution in [0.4, 0.5) is 0 Å². The Labute approximate surface area is 66.8 Å². The van der Waals surface area contributed by atoms with Crippen LogP contribution in [0.2, 0.25) is 0 Å². The number of nitrogens with one attached hydrogen (secondary N) is 1. The maximum absolute atomic E-state index is 11.2. The smallest absolute Gasteiger partial charge is 0.235 e. The fourth-order valence-corrected chi connectivity index (χ4v) is 0.724. The van der Waals surface area contributed by atoms with Crippen molar-refractivity contribution in [2.75, 3.05) is 12.8 Å². The van der Waals surface area contributed by atoms with Crippen molar-refractivity contribution in [2.45, 2.75) is 25.5 Å². The van der Waals surface area contributed by atoms with E-state index in [1.54, 1.807) is 11.8 Å². The molecule has 0 fully saturated rings. The Hall–Kier alpha value is -0.180. The molecule has 0 aromatic heterocycles. The van der Waals surface area contributed by atoms with Gasteiger partial charge in [-0.3, -0.25) is 4.79 Å². The molecule has 2 nitrogen and oxygen atoms in total. The summed E-state index contributed by atoms with van der Waals surface area (Å²) in [7, 11) is 0. The van der Waals surface area contributed by atoms with E-state index in [9.17, 15) is 4.79 Å². The zero-order valence-electron chi connectivity index (χ0n) is 7.02. The summed E-state index contributed by atoms with van der Waals surface area (Å²) in [5, 5.41) is 2.78. The highest BCUT2D eigenvalue weighted by Gasteiger charge is 2.24. The summed E-state index contributed by atoms with van der Waals surface area (Å²) in [6.45, 7) is 6.47. The normalized spacial score (nSPS) is 11.2. The molecule has 1 N–H and O–H groups in total. The van der Waals surface area contributed by atoms with Crippen molar-refractivity contribution in [3.63, 3.8) is 0 Å². The topological polar surface area (TPSA) is 29.1 Å². The van der Waals surface area contributed by atoms with Crippen molar-refractivity contribution < 1.29 is 4.79 Å². The van der Waals surface area contributed by atoms with Gasteiger partial charge >= 0.3 is 0 Å². The van der Waals surface area contributed by atoms with Gasteiger partial charge in [0.1, 0.15) is 0 Å². The SMILES string of the molecule is CCNC(=O)C(C)(C)SC. The van der Waals surface area contributed by atoms with Crippen molar-refractivity contribution in [1.82, 2.24) is 5.32 Å². The average Bonchev–Trinajstić information content (AvgIpc) is 1.89. The van der Waals surface area contributed by atoms with E-state index in [4.69, 9.17) is 0 Å². The molecular weight excluding hydrogens is 146 g/mol. The lowest BCUT2D eigenvalue weighted by Crippen LogP contribution is -2.39. The summed E-state index contributed by atoms with van der Waals surface area (Å²) < 4.78 is -0.282. The lowest BCUT2D eigenvalue weighted by molar-refractivity contribution is -0.122. The van der Waals surface area contributed by atoms with E-state index in [0.29, 0.717) is 6.54 Å². The molecule has 0 rings (SSSR count). The molecule has 60 valence electrons. The van der Waals surface area contributed by atoms with Crippen LogP contribution >= 0.6 is 11.8 Å². The Morgan fingerprint density at radius 2 is 2.10 bits per heavy atom. The van der Waals surface area contributed by atoms with Crippen LogP contribution in [0.1, 0.15) is 20.8 Å². The molecule has 1 amide bonds. The summed E-state index contributed by atoms with van der Waals surface area (Å²) in [5.41, 5.74) is 0. The summed E-state index contributed by atoms with van der Waals surface area (Å²) >= 11 is 1.56. The molecule has 0 saturated carbocycles. The molecule has 0 unspecified atom stereocenters. The zero-order valence-corrected chi connectivity index (χ0v) is 7.84. The van der Waals surface area contributed by atoms with Gasteiger partial charge in [0.2, 0.25) is 5.91 Å². The van der Waals surface area contributed by atoms with Crippen molar-refractivity contribution >= 4 is 17.7 Å². The van der Waals surface area contributed by atoms with E-state index in [1.165, 1.54) is 0 Å². The average molecular weight is 161 g/mol. The zero-order chi connectivity index (χ0) is 8.20. The monoisotopic (exact) mass is 161 g/mol. The number of thioether (sulfide) groups is 1. The fraction of sp³-hybridized carbons (Fsp3) is 0.857. The highest BCUT2D eigenvalue weighted by molar-refractivity contribution is 8.00. The third-order valence-corrected chi connectivity index (χ3v) is 2.60. The first-order chi connectivity index (χ1) is 4.54. The van der Waals surface area contributed by atoms with Crippen LogP contribution in [0, 0.1) is 0 Å². The minimum Gasteiger partial charge on any atom is -0.355 e. The number of hydrogen-bond donors (Lipinski definition) is 1. The molecule has 0 aliphatic carbocycles. The quantitative estimate of drug-likeness (QED) is 0.675. The molecule has 0 radical (unpaired) electrons. The van der Waals surface area contributed by atoms with Crippen LogP contribution < -0.4 is 5.32 Å². The summed E-state index contributed by atoms with van der Waals surface area (Å²) in [5.74, 6) is 0.113. The van der Waals surface area contributed by atoms with Gasteiger partial charge in [0, 0.05) is 6.54 Å². The molecule has 0 aromatic rings. The first kappa shape index (κ1) is 9.82. The van der Waals surface area contributed by atoms with Crippen molar-refractivity contribution in [3.05, 3.63) is 0 Å². The number of rotatable bonds is 3. The third-order valence-electron chi connectivity index (χ3n) is 1.39. The Bertz CT molecular complexity index is 123. The first-order valence-corrected chi connectivity index (χ1v) is 4.60. The van der Waals surface area contributed by atoms with E-state index in [-0.39, 0.29) is 10.7 Å². The highest BCUT2D eigenvalue weighted by Crippen LogP contribution is 2.20. The van der Waals surface area contributed by atoms with Crippen LogP contribution in [0.15, 0.2) is 0 Å². The van der Waals surface area contributed by atoms with E-state index in [2.05, 4.69) is 5.32 Å². The van der Waals surface area contributed by atoms with Crippen LogP contribution in [-0.2, 0) is 4.79 Å². The fourth-order valence-electron chi connectivity index (χ4n) is 0.466. The molecule has 0 aliphatic rings. The molecule has 10 heavy (non-hydrogen) atoms. The van der Waals surface area contributed by atoms with Gasteiger partial charge in [-0.2, -0.15) is 0 Å². The van der Waals surface area contributed by atoms with Gasteiger partial charge in [-0.25, -0.2) is 0 Å². The Balaban J connectivity index is 3.91. The van der Waals surface area contributed by atoms with Crippen LogP contribution in [-0.4, -0.2) is 23.5 Å². The number of amides is 1. The molecule has 0 aliphatic heterocycles.